The Labute approximate surface area is 124 Å². The first kappa shape index (κ1) is 14.7. The number of carbonyl (C=O) groups is 3. The first-order valence-electron chi connectivity index (χ1n) is 5.65. The largest absolute Gasteiger partial charge is 0.478 e. The van der Waals surface area contributed by atoms with E-state index in [1.807, 2.05) is 0 Å². The van der Waals surface area contributed by atoms with Gasteiger partial charge in [-0.25, -0.2) is 4.79 Å². The summed E-state index contributed by atoms with van der Waals surface area (Å²) in [5.41, 5.74) is 0.244. The summed E-state index contributed by atoms with van der Waals surface area (Å²) in [5, 5.41) is 11.6. The standard InChI is InChI=1S/C12H11ClN2O4S/c13-8-2-1-7(12(18)19)3-9(8)14-10(16)4-15-6-20-5-11(15)17/h1-3H,4-6H2,(H,14,16)(H,18,19). The molecule has 0 atom stereocenters. The van der Waals surface area contributed by atoms with Crippen molar-refractivity contribution in [1.29, 1.82) is 0 Å². The van der Waals surface area contributed by atoms with Gasteiger partial charge in [-0.05, 0) is 18.2 Å². The third-order valence-corrected chi connectivity index (χ3v) is 3.92. The minimum absolute atomic E-state index is 0.0255. The highest BCUT2D eigenvalue weighted by Crippen LogP contribution is 2.23. The van der Waals surface area contributed by atoms with Crippen LogP contribution in [0.2, 0.25) is 5.02 Å². The van der Waals surface area contributed by atoms with E-state index in [4.69, 9.17) is 16.7 Å². The average Bonchev–Trinajstić information content (AvgIpc) is 2.77. The maximum atomic E-state index is 11.8. The number of nitrogens with zero attached hydrogens (tertiary/aromatic N) is 1. The zero-order valence-electron chi connectivity index (χ0n) is 10.3. The Hall–Kier alpha value is -1.73. The van der Waals surface area contributed by atoms with Crippen molar-refractivity contribution in [2.45, 2.75) is 0 Å². The van der Waals surface area contributed by atoms with E-state index in [-0.39, 0.29) is 28.7 Å². The number of carboxylic acids is 1. The van der Waals surface area contributed by atoms with Crippen molar-refractivity contribution in [2.24, 2.45) is 0 Å². The third-order valence-electron chi connectivity index (χ3n) is 2.65. The average molecular weight is 315 g/mol. The summed E-state index contributed by atoms with van der Waals surface area (Å²) >= 11 is 7.34. The first-order valence-corrected chi connectivity index (χ1v) is 7.19. The van der Waals surface area contributed by atoms with Gasteiger partial charge in [0.25, 0.3) is 0 Å². The van der Waals surface area contributed by atoms with Gasteiger partial charge in [-0.1, -0.05) is 11.6 Å². The second-order valence-corrected chi connectivity index (χ2v) is 5.48. The zero-order valence-corrected chi connectivity index (χ0v) is 11.8. The van der Waals surface area contributed by atoms with Crippen molar-refractivity contribution in [2.75, 3.05) is 23.5 Å². The highest BCUT2D eigenvalue weighted by molar-refractivity contribution is 8.00. The fourth-order valence-corrected chi connectivity index (χ4v) is 2.73. The van der Waals surface area contributed by atoms with Crippen LogP contribution in [0.15, 0.2) is 18.2 Å². The molecule has 20 heavy (non-hydrogen) atoms. The number of carbonyl (C=O) groups excluding carboxylic acids is 2. The Morgan fingerprint density at radius 3 is 2.80 bits per heavy atom. The van der Waals surface area contributed by atoms with Gasteiger partial charge in [0.2, 0.25) is 11.8 Å². The normalized spacial score (nSPS) is 14.4. The molecule has 1 aliphatic rings. The van der Waals surface area contributed by atoms with Gasteiger partial charge < -0.3 is 15.3 Å². The van der Waals surface area contributed by atoms with Crippen molar-refractivity contribution < 1.29 is 19.5 Å². The van der Waals surface area contributed by atoms with E-state index in [2.05, 4.69) is 5.32 Å². The quantitative estimate of drug-likeness (QED) is 0.879. The molecule has 0 saturated carbocycles. The number of rotatable bonds is 4. The molecule has 0 spiro atoms. The fraction of sp³-hybridized carbons (Fsp3) is 0.250. The molecule has 0 radical (unpaired) electrons. The fourth-order valence-electron chi connectivity index (χ4n) is 1.66. The molecule has 2 amide bonds. The number of anilines is 1. The van der Waals surface area contributed by atoms with Gasteiger partial charge in [0, 0.05) is 0 Å². The topological polar surface area (TPSA) is 86.7 Å². The van der Waals surface area contributed by atoms with Crippen LogP contribution in [0.3, 0.4) is 0 Å². The van der Waals surface area contributed by atoms with Gasteiger partial charge in [0.1, 0.15) is 6.54 Å². The summed E-state index contributed by atoms with van der Waals surface area (Å²) in [5.74, 6) is -0.748. The molecular formula is C12H11ClN2O4S. The highest BCUT2D eigenvalue weighted by atomic mass is 35.5. The lowest BCUT2D eigenvalue weighted by Gasteiger charge is -2.14. The summed E-state index contributed by atoms with van der Waals surface area (Å²) in [6.45, 7) is -0.0700. The maximum Gasteiger partial charge on any atom is 0.335 e. The van der Waals surface area contributed by atoms with Crippen LogP contribution in [0.4, 0.5) is 5.69 Å². The van der Waals surface area contributed by atoms with E-state index in [0.29, 0.717) is 11.6 Å². The molecule has 0 unspecified atom stereocenters. The number of halogens is 1. The van der Waals surface area contributed by atoms with Crippen LogP contribution in [0.5, 0.6) is 0 Å². The lowest BCUT2D eigenvalue weighted by molar-refractivity contribution is -0.130. The molecule has 1 aromatic carbocycles. The molecule has 1 aromatic rings. The molecule has 2 N–H and O–H groups in total. The van der Waals surface area contributed by atoms with Crippen LogP contribution < -0.4 is 5.32 Å². The minimum Gasteiger partial charge on any atom is -0.478 e. The Kier molecular flexibility index (Phi) is 4.51. The van der Waals surface area contributed by atoms with Gasteiger partial charge >= 0.3 is 5.97 Å². The number of amides is 2. The number of thioether (sulfide) groups is 1. The number of hydrogen-bond acceptors (Lipinski definition) is 4. The van der Waals surface area contributed by atoms with Crippen LogP contribution in [0, 0.1) is 0 Å². The SMILES string of the molecule is O=C(CN1CSCC1=O)Nc1cc(C(=O)O)ccc1Cl. The molecule has 1 heterocycles. The molecule has 2 rings (SSSR count). The van der Waals surface area contributed by atoms with Crippen LogP contribution in [0.25, 0.3) is 0 Å². The monoisotopic (exact) mass is 314 g/mol. The Morgan fingerprint density at radius 2 is 2.20 bits per heavy atom. The summed E-state index contributed by atoms with van der Waals surface area (Å²) in [6, 6.07) is 4.03. The molecule has 1 fully saturated rings. The molecule has 1 aliphatic heterocycles. The van der Waals surface area contributed by atoms with E-state index in [9.17, 15) is 14.4 Å². The maximum absolute atomic E-state index is 11.8. The number of aromatic carboxylic acids is 1. The number of nitrogens with one attached hydrogen (secondary N) is 1. The van der Waals surface area contributed by atoms with Crippen LogP contribution in [-0.2, 0) is 9.59 Å². The molecule has 8 heteroatoms. The van der Waals surface area contributed by atoms with Gasteiger partial charge in [0.15, 0.2) is 0 Å². The predicted octanol–water partition coefficient (Wildman–Crippen LogP) is 1.51. The number of carboxylic acid groups (broad SMARTS) is 1. The van der Waals surface area contributed by atoms with Gasteiger partial charge in [-0.3, -0.25) is 9.59 Å². The molecular weight excluding hydrogens is 304 g/mol. The molecule has 6 nitrogen and oxygen atoms in total. The van der Waals surface area contributed by atoms with Crippen LogP contribution in [-0.4, -0.2) is 46.0 Å². The van der Waals surface area contributed by atoms with E-state index in [1.54, 1.807) is 0 Å². The Bertz CT molecular complexity index is 579. The van der Waals surface area contributed by atoms with Crippen molar-refractivity contribution >= 4 is 46.8 Å². The summed E-state index contributed by atoms with van der Waals surface area (Å²) in [7, 11) is 0. The smallest absolute Gasteiger partial charge is 0.335 e. The summed E-state index contributed by atoms with van der Waals surface area (Å²) < 4.78 is 0. The third kappa shape index (κ3) is 3.43. The zero-order chi connectivity index (χ0) is 14.7. The predicted molar refractivity (Wildman–Crippen MR) is 76.1 cm³/mol. The van der Waals surface area contributed by atoms with Gasteiger partial charge in [0.05, 0.1) is 27.9 Å². The molecule has 0 aromatic heterocycles. The number of benzene rings is 1. The highest BCUT2D eigenvalue weighted by Gasteiger charge is 2.23. The molecule has 106 valence electrons. The van der Waals surface area contributed by atoms with Crippen molar-refractivity contribution in [1.82, 2.24) is 4.90 Å². The second kappa shape index (κ2) is 6.15. The van der Waals surface area contributed by atoms with E-state index in [1.165, 1.54) is 34.9 Å². The van der Waals surface area contributed by atoms with Gasteiger partial charge in [-0.2, -0.15) is 0 Å². The van der Waals surface area contributed by atoms with Crippen LogP contribution in [0.1, 0.15) is 10.4 Å². The van der Waals surface area contributed by atoms with Gasteiger partial charge in [-0.15, -0.1) is 11.8 Å². The Balaban J connectivity index is 2.05. The van der Waals surface area contributed by atoms with Crippen molar-refractivity contribution in [3.8, 4) is 0 Å². The van der Waals surface area contributed by atoms with Crippen molar-refractivity contribution in [3.05, 3.63) is 28.8 Å². The molecule has 0 aliphatic carbocycles. The Morgan fingerprint density at radius 1 is 1.45 bits per heavy atom. The summed E-state index contributed by atoms with van der Waals surface area (Å²) in [6.07, 6.45) is 0. The van der Waals surface area contributed by atoms with E-state index in [0.717, 1.165) is 0 Å². The molecule has 0 bridgehead atoms. The first-order chi connectivity index (χ1) is 9.47. The second-order valence-electron chi connectivity index (χ2n) is 4.12. The van der Waals surface area contributed by atoms with Crippen molar-refractivity contribution in [3.63, 3.8) is 0 Å². The number of hydrogen-bond donors (Lipinski definition) is 2. The lowest BCUT2D eigenvalue weighted by atomic mass is 10.2. The van der Waals surface area contributed by atoms with E-state index < -0.39 is 11.9 Å². The molecule has 1 saturated heterocycles. The lowest BCUT2D eigenvalue weighted by Crippen LogP contribution is -2.34. The van der Waals surface area contributed by atoms with Crippen LogP contribution >= 0.6 is 23.4 Å². The summed E-state index contributed by atoms with van der Waals surface area (Å²) in [4.78, 5) is 35.5. The minimum atomic E-state index is -1.11. The van der Waals surface area contributed by atoms with E-state index >= 15 is 0 Å².